The first-order valence-electron chi connectivity index (χ1n) is 5.16. The molecule has 1 aliphatic heterocycles. The number of nitrogens with two attached hydrogens (primary N) is 1. The summed E-state index contributed by atoms with van der Waals surface area (Å²) < 4.78 is 5.14. The molecule has 0 aromatic carbocycles. The number of aryl methyl sites for hydroxylation is 1. The van der Waals surface area contributed by atoms with Crippen LogP contribution in [0.3, 0.4) is 0 Å². The van der Waals surface area contributed by atoms with E-state index in [2.05, 4.69) is 10.3 Å². The van der Waals surface area contributed by atoms with E-state index in [1.54, 1.807) is 17.5 Å². The quantitative estimate of drug-likeness (QED) is 0.791. The van der Waals surface area contributed by atoms with Crippen LogP contribution in [0.25, 0.3) is 0 Å². The van der Waals surface area contributed by atoms with Gasteiger partial charge in [-0.3, -0.25) is 4.79 Å². The predicted molar refractivity (Wildman–Crippen MR) is 61.1 cm³/mol. The predicted octanol–water partition coefficient (Wildman–Crippen LogP) is 0.186. The lowest BCUT2D eigenvalue weighted by atomic mass is 9.99. The fourth-order valence-corrected chi connectivity index (χ4v) is 2.30. The van der Waals surface area contributed by atoms with E-state index in [-0.39, 0.29) is 5.91 Å². The number of ether oxygens (including phenoxy) is 1. The van der Waals surface area contributed by atoms with E-state index in [0.717, 1.165) is 9.88 Å². The van der Waals surface area contributed by atoms with Crippen molar-refractivity contribution in [1.29, 1.82) is 0 Å². The Morgan fingerprint density at radius 2 is 2.62 bits per heavy atom. The van der Waals surface area contributed by atoms with Crippen LogP contribution in [0, 0.1) is 6.92 Å². The molecular weight excluding hydrogens is 226 g/mol. The van der Waals surface area contributed by atoms with Gasteiger partial charge in [0.15, 0.2) is 0 Å². The van der Waals surface area contributed by atoms with Crippen LogP contribution in [0.5, 0.6) is 0 Å². The SMILES string of the molecule is Cc1cnc(CNC(=O)C2(N)CCOC2)s1. The zero-order valence-corrected chi connectivity index (χ0v) is 9.97. The van der Waals surface area contributed by atoms with Crippen molar-refractivity contribution in [2.24, 2.45) is 5.73 Å². The Kier molecular flexibility index (Phi) is 3.22. The molecule has 1 aliphatic rings. The number of thiazole rings is 1. The smallest absolute Gasteiger partial charge is 0.242 e. The second-order valence-corrected chi connectivity index (χ2v) is 5.33. The van der Waals surface area contributed by atoms with Gasteiger partial charge in [0.25, 0.3) is 0 Å². The van der Waals surface area contributed by atoms with Gasteiger partial charge in [-0.1, -0.05) is 0 Å². The summed E-state index contributed by atoms with van der Waals surface area (Å²) in [6, 6.07) is 0. The van der Waals surface area contributed by atoms with Crippen LogP contribution < -0.4 is 11.1 Å². The van der Waals surface area contributed by atoms with Crippen molar-refractivity contribution in [3.05, 3.63) is 16.1 Å². The Hall–Kier alpha value is -0.980. The lowest BCUT2D eigenvalue weighted by molar-refractivity contribution is -0.126. The molecule has 1 fully saturated rings. The summed E-state index contributed by atoms with van der Waals surface area (Å²) in [4.78, 5) is 17.1. The number of amides is 1. The molecule has 0 saturated carbocycles. The first-order valence-corrected chi connectivity index (χ1v) is 5.98. The van der Waals surface area contributed by atoms with E-state index in [9.17, 15) is 4.79 Å². The first-order chi connectivity index (χ1) is 7.60. The van der Waals surface area contributed by atoms with Gasteiger partial charge < -0.3 is 15.8 Å². The van der Waals surface area contributed by atoms with Crippen molar-refractivity contribution in [1.82, 2.24) is 10.3 Å². The maximum atomic E-state index is 11.8. The van der Waals surface area contributed by atoms with Crippen molar-refractivity contribution in [2.45, 2.75) is 25.4 Å². The largest absolute Gasteiger partial charge is 0.379 e. The van der Waals surface area contributed by atoms with Gasteiger partial charge in [0.05, 0.1) is 13.2 Å². The van der Waals surface area contributed by atoms with Crippen molar-refractivity contribution < 1.29 is 9.53 Å². The minimum Gasteiger partial charge on any atom is -0.379 e. The monoisotopic (exact) mass is 241 g/mol. The van der Waals surface area contributed by atoms with Gasteiger partial charge >= 0.3 is 0 Å². The standard InChI is InChI=1S/C10H15N3O2S/c1-7-4-12-8(16-7)5-13-9(14)10(11)2-3-15-6-10/h4H,2-3,5-6,11H2,1H3,(H,13,14). The molecule has 5 nitrogen and oxygen atoms in total. The summed E-state index contributed by atoms with van der Waals surface area (Å²) in [6.45, 7) is 3.28. The molecule has 1 amide bonds. The van der Waals surface area contributed by atoms with Crippen LogP contribution in [0.4, 0.5) is 0 Å². The lowest BCUT2D eigenvalue weighted by Gasteiger charge is -2.19. The molecular formula is C10H15N3O2S. The highest BCUT2D eigenvalue weighted by Gasteiger charge is 2.38. The van der Waals surface area contributed by atoms with Crippen LogP contribution in [0.1, 0.15) is 16.3 Å². The molecule has 0 spiro atoms. The van der Waals surface area contributed by atoms with Crippen LogP contribution >= 0.6 is 11.3 Å². The van der Waals surface area contributed by atoms with Gasteiger partial charge in [-0.15, -0.1) is 11.3 Å². The number of aromatic nitrogens is 1. The zero-order valence-electron chi connectivity index (χ0n) is 9.16. The number of rotatable bonds is 3. The van der Waals surface area contributed by atoms with Gasteiger partial charge in [0.1, 0.15) is 10.5 Å². The molecule has 1 saturated heterocycles. The first kappa shape index (κ1) is 11.5. The highest BCUT2D eigenvalue weighted by molar-refractivity contribution is 7.11. The van der Waals surface area contributed by atoms with Crippen molar-refractivity contribution in [2.75, 3.05) is 13.2 Å². The highest BCUT2D eigenvalue weighted by atomic mass is 32.1. The molecule has 1 aromatic heterocycles. The van der Waals surface area contributed by atoms with E-state index in [4.69, 9.17) is 10.5 Å². The van der Waals surface area contributed by atoms with E-state index in [1.807, 2.05) is 6.92 Å². The third-order valence-corrected chi connectivity index (χ3v) is 3.49. The Bertz CT molecular complexity index is 385. The third-order valence-electron chi connectivity index (χ3n) is 2.57. The molecule has 2 rings (SSSR count). The summed E-state index contributed by atoms with van der Waals surface area (Å²) in [5, 5.41) is 3.70. The Labute approximate surface area is 98.0 Å². The van der Waals surface area contributed by atoms with Crippen LogP contribution in [-0.4, -0.2) is 29.6 Å². The fourth-order valence-electron chi connectivity index (χ4n) is 1.57. The van der Waals surface area contributed by atoms with E-state index in [1.165, 1.54) is 0 Å². The van der Waals surface area contributed by atoms with E-state index >= 15 is 0 Å². The van der Waals surface area contributed by atoms with Gasteiger partial charge in [0.2, 0.25) is 5.91 Å². The van der Waals surface area contributed by atoms with Crippen molar-refractivity contribution >= 4 is 17.2 Å². The molecule has 6 heteroatoms. The molecule has 2 heterocycles. The molecule has 0 aliphatic carbocycles. The second-order valence-electron chi connectivity index (χ2n) is 4.01. The molecule has 88 valence electrons. The number of hydrogen-bond acceptors (Lipinski definition) is 5. The number of hydrogen-bond donors (Lipinski definition) is 2. The normalized spacial score (nSPS) is 24.6. The topological polar surface area (TPSA) is 77.2 Å². The van der Waals surface area contributed by atoms with Gasteiger partial charge in [-0.05, 0) is 13.3 Å². The van der Waals surface area contributed by atoms with Gasteiger partial charge in [-0.2, -0.15) is 0 Å². The van der Waals surface area contributed by atoms with Gasteiger partial charge in [0, 0.05) is 17.7 Å². The number of carbonyl (C=O) groups excluding carboxylic acids is 1. The summed E-state index contributed by atoms with van der Waals surface area (Å²) in [5.41, 5.74) is 5.06. The zero-order chi connectivity index (χ0) is 11.6. The fraction of sp³-hybridized carbons (Fsp3) is 0.600. The molecule has 0 bridgehead atoms. The Morgan fingerprint density at radius 1 is 1.81 bits per heavy atom. The summed E-state index contributed by atoms with van der Waals surface area (Å²) in [7, 11) is 0. The lowest BCUT2D eigenvalue weighted by Crippen LogP contribution is -2.54. The highest BCUT2D eigenvalue weighted by Crippen LogP contribution is 2.16. The Balaban J connectivity index is 1.88. The average Bonchev–Trinajstić information content (AvgIpc) is 2.85. The van der Waals surface area contributed by atoms with Gasteiger partial charge in [-0.25, -0.2) is 4.98 Å². The number of carbonyl (C=O) groups is 1. The number of nitrogens with zero attached hydrogens (tertiary/aromatic N) is 1. The van der Waals surface area contributed by atoms with Crippen LogP contribution in [0.15, 0.2) is 6.20 Å². The molecule has 3 N–H and O–H groups in total. The summed E-state index contributed by atoms with van der Waals surface area (Å²) in [5.74, 6) is -0.155. The maximum Gasteiger partial charge on any atom is 0.242 e. The number of nitrogens with one attached hydrogen (secondary N) is 1. The molecule has 1 aromatic rings. The summed E-state index contributed by atoms with van der Waals surface area (Å²) >= 11 is 1.57. The average molecular weight is 241 g/mol. The maximum absolute atomic E-state index is 11.8. The Morgan fingerprint density at radius 3 is 3.19 bits per heavy atom. The minimum atomic E-state index is -0.855. The molecule has 1 unspecified atom stereocenters. The van der Waals surface area contributed by atoms with Crippen molar-refractivity contribution in [3.8, 4) is 0 Å². The second kappa shape index (κ2) is 4.48. The molecule has 0 radical (unpaired) electrons. The van der Waals surface area contributed by atoms with Crippen molar-refractivity contribution in [3.63, 3.8) is 0 Å². The van der Waals surface area contributed by atoms with E-state index < -0.39 is 5.54 Å². The van der Waals surface area contributed by atoms with Crippen LogP contribution in [-0.2, 0) is 16.1 Å². The molecule has 1 atom stereocenters. The minimum absolute atomic E-state index is 0.155. The third kappa shape index (κ3) is 2.40. The molecule has 16 heavy (non-hydrogen) atoms. The summed E-state index contributed by atoms with van der Waals surface area (Å²) in [6.07, 6.45) is 2.37. The van der Waals surface area contributed by atoms with E-state index in [0.29, 0.717) is 26.2 Å². The van der Waals surface area contributed by atoms with Crippen LogP contribution in [0.2, 0.25) is 0 Å².